The van der Waals surface area contributed by atoms with Crippen molar-refractivity contribution in [2.45, 2.75) is 18.0 Å². The number of nitro groups is 1. The van der Waals surface area contributed by atoms with Gasteiger partial charge in [-0.2, -0.15) is 36.9 Å². The van der Waals surface area contributed by atoms with Crippen molar-refractivity contribution in [2.24, 2.45) is 0 Å². The number of halogens is 6. The van der Waals surface area contributed by atoms with Crippen LogP contribution in [0.3, 0.4) is 0 Å². The van der Waals surface area contributed by atoms with Crippen LogP contribution in [0.2, 0.25) is 0 Å². The second-order valence-corrected chi connectivity index (χ2v) is 4.62. The lowest BCUT2D eigenvalue weighted by Crippen LogP contribution is -2.53. The first-order chi connectivity index (χ1) is 11.8. The van der Waals surface area contributed by atoms with Crippen LogP contribution in [0.25, 0.3) is 0 Å². The Bertz CT molecular complexity index is 802. The summed E-state index contributed by atoms with van der Waals surface area (Å²) in [6.07, 6.45) is -11.7. The topological polar surface area (TPSA) is 123 Å². The first kappa shape index (κ1) is 20.7. The van der Waals surface area contributed by atoms with Gasteiger partial charge in [0.2, 0.25) is 0 Å². The molecule has 0 fully saturated rings. The fourth-order valence-electron chi connectivity index (χ4n) is 1.76. The molecule has 26 heavy (non-hydrogen) atoms. The van der Waals surface area contributed by atoms with E-state index in [1.807, 2.05) is 0 Å². The van der Waals surface area contributed by atoms with Gasteiger partial charge in [0.05, 0.1) is 4.92 Å². The van der Waals surface area contributed by atoms with Crippen molar-refractivity contribution >= 4 is 11.4 Å². The minimum absolute atomic E-state index is 0.102. The van der Waals surface area contributed by atoms with Crippen molar-refractivity contribution in [3.8, 4) is 12.1 Å². The molecule has 0 saturated carbocycles. The summed E-state index contributed by atoms with van der Waals surface area (Å²) in [7, 11) is 0. The van der Waals surface area contributed by atoms with Crippen molar-refractivity contribution in [1.82, 2.24) is 0 Å². The Labute approximate surface area is 140 Å². The van der Waals surface area contributed by atoms with E-state index in [4.69, 9.17) is 10.5 Å². The highest BCUT2D eigenvalue weighted by atomic mass is 19.4. The van der Waals surface area contributed by atoms with E-state index in [9.17, 15) is 41.6 Å². The zero-order valence-corrected chi connectivity index (χ0v) is 12.2. The van der Waals surface area contributed by atoms with Crippen LogP contribution in [0.5, 0.6) is 0 Å². The molecular weight excluding hydrogens is 374 g/mol. The molecule has 0 spiro atoms. The standard InChI is InChI=1S/C13H6F6N4O3/c14-12(15,16)11(24,13(17,18)19)8-1-2-9(10(3-8)23(25)26)22-6-7(4-20)5-21/h1-3,6,22,24H. The number of hydrogen-bond acceptors (Lipinski definition) is 6. The molecule has 0 aromatic heterocycles. The normalized spacial score (nSPS) is 11.9. The molecule has 0 heterocycles. The molecule has 1 aromatic rings. The Morgan fingerprint density at radius 3 is 2.04 bits per heavy atom. The molecule has 7 nitrogen and oxygen atoms in total. The SMILES string of the molecule is N#CC(C#N)=CNc1ccc(C(O)(C(F)(F)F)C(F)(F)F)cc1[N+](=O)[O-]. The van der Waals surface area contributed by atoms with E-state index >= 15 is 0 Å². The van der Waals surface area contributed by atoms with Gasteiger partial charge in [0.15, 0.2) is 0 Å². The van der Waals surface area contributed by atoms with Gasteiger partial charge in [-0.05, 0) is 6.07 Å². The van der Waals surface area contributed by atoms with Gasteiger partial charge in [-0.1, -0.05) is 6.07 Å². The maximum absolute atomic E-state index is 12.8. The number of anilines is 1. The first-order valence-corrected chi connectivity index (χ1v) is 6.21. The van der Waals surface area contributed by atoms with E-state index in [1.165, 1.54) is 12.1 Å². The fourth-order valence-corrected chi connectivity index (χ4v) is 1.76. The zero-order valence-electron chi connectivity index (χ0n) is 12.2. The number of benzene rings is 1. The van der Waals surface area contributed by atoms with Crippen LogP contribution in [-0.2, 0) is 5.60 Å². The molecular formula is C13H6F6N4O3. The molecule has 0 radical (unpaired) electrons. The maximum atomic E-state index is 12.8. The zero-order chi connectivity index (χ0) is 20.3. The number of rotatable bonds is 4. The van der Waals surface area contributed by atoms with E-state index in [1.54, 1.807) is 0 Å². The Morgan fingerprint density at radius 2 is 1.65 bits per heavy atom. The third-order valence-electron chi connectivity index (χ3n) is 3.05. The molecule has 0 aliphatic carbocycles. The maximum Gasteiger partial charge on any atom is 0.430 e. The van der Waals surface area contributed by atoms with Gasteiger partial charge in [0, 0.05) is 17.8 Å². The largest absolute Gasteiger partial charge is 0.430 e. The van der Waals surface area contributed by atoms with E-state index < -0.39 is 45.4 Å². The molecule has 138 valence electrons. The van der Waals surface area contributed by atoms with Gasteiger partial charge >= 0.3 is 12.4 Å². The average Bonchev–Trinajstić information content (AvgIpc) is 2.52. The van der Waals surface area contributed by atoms with Crippen LogP contribution in [0.15, 0.2) is 30.0 Å². The number of hydrogen-bond donors (Lipinski definition) is 2. The average molecular weight is 380 g/mol. The third kappa shape index (κ3) is 3.68. The van der Waals surface area contributed by atoms with Crippen LogP contribution in [0, 0.1) is 32.8 Å². The summed E-state index contributed by atoms with van der Waals surface area (Å²) in [5.41, 5.74) is -9.57. The van der Waals surface area contributed by atoms with Gasteiger partial charge in [-0.15, -0.1) is 0 Å². The van der Waals surface area contributed by atoms with Gasteiger partial charge < -0.3 is 10.4 Å². The lowest BCUT2D eigenvalue weighted by atomic mass is 9.91. The van der Waals surface area contributed by atoms with Crippen LogP contribution >= 0.6 is 0 Å². The van der Waals surface area contributed by atoms with E-state index in [0.717, 1.165) is 0 Å². The predicted octanol–water partition coefficient (Wildman–Crippen LogP) is 3.25. The summed E-state index contributed by atoms with van der Waals surface area (Å²) in [6.45, 7) is 0. The molecule has 0 atom stereocenters. The number of allylic oxidation sites excluding steroid dienone is 1. The van der Waals surface area contributed by atoms with Crippen LogP contribution in [-0.4, -0.2) is 22.4 Å². The summed E-state index contributed by atoms with van der Waals surface area (Å²) in [5.74, 6) is 0. The molecule has 0 unspecified atom stereocenters. The summed E-state index contributed by atoms with van der Waals surface area (Å²) in [5, 5.41) is 39.3. The van der Waals surface area contributed by atoms with Crippen LogP contribution < -0.4 is 5.32 Å². The summed E-state index contributed by atoms with van der Waals surface area (Å²) in [4.78, 5) is 9.65. The molecule has 0 aliphatic heterocycles. The van der Waals surface area contributed by atoms with Crippen molar-refractivity contribution in [3.63, 3.8) is 0 Å². The molecule has 1 rings (SSSR count). The Balaban J connectivity index is 3.58. The van der Waals surface area contributed by atoms with Crippen molar-refractivity contribution < 1.29 is 36.4 Å². The van der Waals surface area contributed by atoms with E-state index in [0.29, 0.717) is 12.3 Å². The molecule has 0 saturated heterocycles. The second kappa shape index (κ2) is 6.89. The smallest absolute Gasteiger partial charge is 0.369 e. The Hall–Kier alpha value is -3.32. The Morgan fingerprint density at radius 1 is 1.15 bits per heavy atom. The molecule has 1 aromatic carbocycles. The molecule has 13 heteroatoms. The monoisotopic (exact) mass is 380 g/mol. The number of nitrogens with one attached hydrogen (secondary N) is 1. The highest BCUT2D eigenvalue weighted by Crippen LogP contribution is 2.50. The molecule has 0 amide bonds. The van der Waals surface area contributed by atoms with Crippen LogP contribution in [0.4, 0.5) is 37.7 Å². The number of nitriles is 2. The highest BCUT2D eigenvalue weighted by Gasteiger charge is 2.71. The second-order valence-electron chi connectivity index (χ2n) is 4.62. The molecule has 2 N–H and O–H groups in total. The summed E-state index contributed by atoms with van der Waals surface area (Å²) >= 11 is 0. The number of alkyl halides is 6. The fraction of sp³-hybridized carbons (Fsp3) is 0.231. The highest BCUT2D eigenvalue weighted by molar-refractivity contribution is 5.65. The predicted molar refractivity (Wildman–Crippen MR) is 72.0 cm³/mol. The van der Waals surface area contributed by atoms with Crippen molar-refractivity contribution in [3.05, 3.63) is 45.6 Å². The van der Waals surface area contributed by atoms with Gasteiger partial charge in [-0.25, -0.2) is 0 Å². The first-order valence-electron chi connectivity index (χ1n) is 6.21. The minimum Gasteiger partial charge on any atom is -0.369 e. The minimum atomic E-state index is -6.21. The van der Waals surface area contributed by atoms with Gasteiger partial charge in [0.25, 0.3) is 11.3 Å². The Kier molecular flexibility index (Phi) is 5.49. The molecule has 0 bridgehead atoms. The van der Waals surface area contributed by atoms with Crippen molar-refractivity contribution in [1.29, 1.82) is 10.5 Å². The summed E-state index contributed by atoms with van der Waals surface area (Å²) in [6, 6.07) is 3.30. The number of nitro benzene ring substituents is 1. The lowest BCUT2D eigenvalue weighted by Gasteiger charge is -2.32. The number of aliphatic hydroxyl groups is 1. The van der Waals surface area contributed by atoms with Crippen molar-refractivity contribution in [2.75, 3.05) is 5.32 Å². The quantitative estimate of drug-likeness (QED) is 0.358. The summed E-state index contributed by atoms with van der Waals surface area (Å²) < 4.78 is 77.0. The van der Waals surface area contributed by atoms with Crippen LogP contribution in [0.1, 0.15) is 5.56 Å². The molecule has 0 aliphatic rings. The lowest BCUT2D eigenvalue weighted by molar-refractivity contribution is -0.386. The third-order valence-corrected chi connectivity index (χ3v) is 3.05. The van der Waals surface area contributed by atoms with E-state index in [-0.39, 0.29) is 12.1 Å². The van der Waals surface area contributed by atoms with E-state index in [2.05, 4.69) is 5.32 Å². The van der Waals surface area contributed by atoms with Gasteiger partial charge in [-0.3, -0.25) is 10.1 Å². The number of nitrogens with zero attached hydrogens (tertiary/aromatic N) is 3. The van der Waals surface area contributed by atoms with Gasteiger partial charge in [0.1, 0.15) is 23.4 Å².